The molecule has 0 saturated carbocycles. The number of aliphatic hydroxyl groups is 2. The van der Waals surface area contributed by atoms with Gasteiger partial charge in [0.15, 0.2) is 0 Å². The molecular weight excluding hydrogens is 272 g/mol. The number of rotatable bonds is 3. The van der Waals surface area contributed by atoms with Gasteiger partial charge in [0.25, 0.3) is 0 Å². The molecule has 2 heteroatoms. The predicted molar refractivity (Wildman–Crippen MR) is 94.7 cm³/mol. The minimum atomic E-state index is -0.791. The maximum atomic E-state index is 10.3. The number of allylic oxidation sites excluding steroid dienone is 5. The second-order valence-corrected chi connectivity index (χ2v) is 7.16. The highest BCUT2D eigenvalue weighted by molar-refractivity contribution is 5.18. The summed E-state index contributed by atoms with van der Waals surface area (Å²) in [4.78, 5) is 0. The van der Waals surface area contributed by atoms with Gasteiger partial charge in [0.2, 0.25) is 0 Å². The summed E-state index contributed by atoms with van der Waals surface area (Å²) in [5.41, 5.74) is 2.82. The number of aliphatic hydroxyl groups excluding tert-OH is 1. The summed E-state index contributed by atoms with van der Waals surface area (Å²) in [5.74, 6) is 0.347. The molecule has 0 aliphatic heterocycles. The minimum absolute atomic E-state index is 0.347. The highest BCUT2D eigenvalue weighted by Gasteiger charge is 2.19. The van der Waals surface area contributed by atoms with Gasteiger partial charge in [-0.3, -0.25) is 0 Å². The minimum Gasteiger partial charge on any atom is -0.389 e. The monoisotopic (exact) mass is 304 g/mol. The Bertz CT molecular complexity index is 461. The zero-order valence-corrected chi connectivity index (χ0v) is 14.6. The van der Waals surface area contributed by atoms with Gasteiger partial charge in [-0.25, -0.2) is 0 Å². The van der Waals surface area contributed by atoms with E-state index in [0.29, 0.717) is 5.92 Å². The lowest BCUT2D eigenvalue weighted by molar-refractivity contribution is 0.133. The highest BCUT2D eigenvalue weighted by atomic mass is 16.3. The third-order valence-corrected chi connectivity index (χ3v) is 4.33. The summed E-state index contributed by atoms with van der Waals surface area (Å²) < 4.78 is 0. The van der Waals surface area contributed by atoms with Crippen molar-refractivity contribution in [2.45, 2.75) is 71.5 Å². The van der Waals surface area contributed by atoms with Crippen LogP contribution in [0.5, 0.6) is 0 Å². The van der Waals surface area contributed by atoms with E-state index in [0.717, 1.165) is 37.7 Å². The smallest absolute Gasteiger partial charge is 0.0774 e. The molecule has 0 amide bonds. The van der Waals surface area contributed by atoms with E-state index in [4.69, 9.17) is 0 Å². The van der Waals surface area contributed by atoms with Crippen LogP contribution in [-0.4, -0.2) is 21.9 Å². The van der Waals surface area contributed by atoms with E-state index in [9.17, 15) is 10.2 Å². The molecule has 0 aromatic rings. The Kier molecular flexibility index (Phi) is 7.31. The second kappa shape index (κ2) is 8.50. The lowest BCUT2D eigenvalue weighted by Gasteiger charge is -2.24. The first-order valence-electron chi connectivity index (χ1n) is 8.29. The van der Waals surface area contributed by atoms with Crippen molar-refractivity contribution in [1.29, 1.82) is 0 Å². The molecule has 0 saturated heterocycles. The van der Waals surface area contributed by atoms with E-state index in [1.807, 2.05) is 6.08 Å². The average molecular weight is 304 g/mol. The zero-order chi connectivity index (χ0) is 16.8. The molecule has 0 heterocycles. The summed E-state index contributed by atoms with van der Waals surface area (Å²) in [5, 5.41) is 20.1. The summed E-state index contributed by atoms with van der Waals surface area (Å²) in [6.45, 7) is 11.9. The fourth-order valence-corrected chi connectivity index (χ4v) is 2.71. The van der Waals surface area contributed by atoms with Crippen molar-refractivity contribution >= 4 is 0 Å². The van der Waals surface area contributed by atoms with Crippen LogP contribution < -0.4 is 0 Å². The molecule has 2 nitrogen and oxygen atoms in total. The summed E-state index contributed by atoms with van der Waals surface area (Å²) in [6.07, 6.45) is 12.3. The van der Waals surface area contributed by atoms with E-state index in [-0.39, 0.29) is 0 Å². The topological polar surface area (TPSA) is 40.5 Å². The Hall–Kier alpha value is -1.12. The first-order valence-corrected chi connectivity index (χ1v) is 8.29. The molecule has 2 atom stereocenters. The summed E-state index contributed by atoms with van der Waals surface area (Å²) >= 11 is 0. The van der Waals surface area contributed by atoms with Crippen LogP contribution in [0.3, 0.4) is 0 Å². The number of hydrogen-bond donors (Lipinski definition) is 2. The van der Waals surface area contributed by atoms with Crippen molar-refractivity contribution in [2.75, 3.05) is 0 Å². The van der Waals surface area contributed by atoms with Crippen LogP contribution in [0, 0.1) is 5.92 Å². The summed E-state index contributed by atoms with van der Waals surface area (Å²) in [6, 6.07) is 0. The van der Waals surface area contributed by atoms with Gasteiger partial charge < -0.3 is 10.2 Å². The van der Waals surface area contributed by atoms with Gasteiger partial charge in [0.1, 0.15) is 0 Å². The van der Waals surface area contributed by atoms with Crippen molar-refractivity contribution in [2.24, 2.45) is 5.92 Å². The molecule has 1 aliphatic carbocycles. The van der Waals surface area contributed by atoms with Crippen molar-refractivity contribution in [3.05, 3.63) is 47.6 Å². The Morgan fingerprint density at radius 1 is 1.36 bits per heavy atom. The molecule has 0 fully saturated rings. The van der Waals surface area contributed by atoms with E-state index in [2.05, 4.69) is 32.6 Å². The van der Waals surface area contributed by atoms with Crippen molar-refractivity contribution < 1.29 is 10.2 Å². The highest BCUT2D eigenvalue weighted by Crippen LogP contribution is 2.29. The fourth-order valence-electron chi connectivity index (χ4n) is 2.71. The summed E-state index contributed by atoms with van der Waals surface area (Å²) in [7, 11) is 0. The molecule has 1 rings (SSSR count). The third kappa shape index (κ3) is 7.24. The van der Waals surface area contributed by atoms with Gasteiger partial charge in [0.05, 0.1) is 11.7 Å². The Balaban J connectivity index is 2.85. The van der Waals surface area contributed by atoms with E-state index in [1.165, 1.54) is 11.1 Å². The van der Waals surface area contributed by atoms with Crippen LogP contribution >= 0.6 is 0 Å². The maximum absolute atomic E-state index is 10.3. The fraction of sp³-hybridized carbons (Fsp3) is 0.600. The molecule has 124 valence electrons. The van der Waals surface area contributed by atoms with Crippen LogP contribution in [0.4, 0.5) is 0 Å². The Morgan fingerprint density at radius 3 is 2.68 bits per heavy atom. The molecule has 2 N–H and O–H groups in total. The molecule has 0 bridgehead atoms. The van der Waals surface area contributed by atoms with Crippen molar-refractivity contribution in [1.82, 2.24) is 0 Å². The van der Waals surface area contributed by atoms with Gasteiger partial charge in [-0.2, -0.15) is 0 Å². The van der Waals surface area contributed by atoms with Crippen molar-refractivity contribution in [3.63, 3.8) is 0 Å². The molecule has 22 heavy (non-hydrogen) atoms. The lowest BCUT2D eigenvalue weighted by atomic mass is 9.84. The van der Waals surface area contributed by atoms with Gasteiger partial charge in [-0.05, 0) is 71.3 Å². The van der Waals surface area contributed by atoms with Gasteiger partial charge in [-0.15, -0.1) is 0 Å². The van der Waals surface area contributed by atoms with Crippen LogP contribution in [0.25, 0.3) is 0 Å². The zero-order valence-electron chi connectivity index (χ0n) is 14.6. The van der Waals surface area contributed by atoms with E-state index >= 15 is 0 Å². The Morgan fingerprint density at radius 2 is 2.05 bits per heavy atom. The third-order valence-electron chi connectivity index (χ3n) is 4.33. The second-order valence-electron chi connectivity index (χ2n) is 7.16. The Labute approximate surface area is 135 Å². The van der Waals surface area contributed by atoms with Crippen LogP contribution in [0.1, 0.15) is 59.8 Å². The molecule has 0 aromatic heterocycles. The largest absolute Gasteiger partial charge is 0.389 e. The van der Waals surface area contributed by atoms with Crippen LogP contribution in [-0.2, 0) is 0 Å². The SMILES string of the molecule is C=C1CCC=C(C)CC[C@H](C(C)=C/C=C/C(C)(C)O)C[C@H]1O. The quantitative estimate of drug-likeness (QED) is 0.586. The van der Waals surface area contributed by atoms with Gasteiger partial charge in [-0.1, -0.05) is 42.0 Å². The van der Waals surface area contributed by atoms with Gasteiger partial charge >= 0.3 is 0 Å². The number of hydrogen-bond acceptors (Lipinski definition) is 2. The molecule has 0 unspecified atom stereocenters. The van der Waals surface area contributed by atoms with Gasteiger partial charge in [0, 0.05) is 0 Å². The first kappa shape index (κ1) is 18.9. The predicted octanol–water partition coefficient (Wildman–Crippen LogP) is 4.70. The van der Waals surface area contributed by atoms with E-state index in [1.54, 1.807) is 19.9 Å². The first-order chi connectivity index (χ1) is 10.2. The van der Waals surface area contributed by atoms with Crippen LogP contribution in [0.15, 0.2) is 47.6 Å². The molecule has 1 aliphatic rings. The standard InChI is InChI=1S/C20H32O2/c1-15-8-6-9-17(3)19(21)14-18(12-11-15)16(2)10-7-13-20(4,5)22/h7-8,10,13,18-19,21-22H,3,6,9,11-12,14H2,1-2,4-5H3/b13-7+,15-8?,16-10?/t18-,19+/m0/s1. The lowest BCUT2D eigenvalue weighted by Crippen LogP contribution is -2.17. The normalized spacial score (nSPS) is 26.2. The molecule has 0 radical (unpaired) electrons. The molecular formula is C20H32O2. The van der Waals surface area contributed by atoms with Crippen LogP contribution in [0.2, 0.25) is 0 Å². The molecule has 0 spiro atoms. The van der Waals surface area contributed by atoms with Crippen molar-refractivity contribution in [3.8, 4) is 0 Å². The van der Waals surface area contributed by atoms with E-state index < -0.39 is 11.7 Å². The molecule has 0 aromatic carbocycles. The average Bonchev–Trinajstić information content (AvgIpc) is 2.40. The maximum Gasteiger partial charge on any atom is 0.0774 e.